The number of nitriles is 1. The molecule has 0 aromatic carbocycles. The molecule has 1 atom stereocenters. The fraction of sp³-hybridized carbons (Fsp3) is 0.900. The Bertz CT molecular complexity index is 157. The quantitative estimate of drug-likeness (QED) is 0.563. The summed E-state index contributed by atoms with van der Waals surface area (Å²) in [6.07, 6.45) is 1.78. The Balaban J connectivity index is 3.30. The molecule has 0 spiro atoms. The molecule has 0 aromatic rings. The maximum absolute atomic E-state index is 8.76. The number of hydrogen-bond acceptors (Lipinski definition) is 4. The van der Waals surface area contributed by atoms with E-state index in [0.29, 0.717) is 19.8 Å². The van der Waals surface area contributed by atoms with Crippen LogP contribution in [-0.4, -0.2) is 39.5 Å². The lowest BCUT2D eigenvalue weighted by Crippen LogP contribution is -2.29. The van der Waals surface area contributed by atoms with Gasteiger partial charge in [0.25, 0.3) is 0 Å². The summed E-state index contributed by atoms with van der Waals surface area (Å²) in [5.41, 5.74) is 0. The number of ether oxygens (including phenoxy) is 2. The first-order valence-corrected chi connectivity index (χ1v) is 5.04. The number of hydrogen-bond donors (Lipinski definition) is 1. The van der Waals surface area contributed by atoms with Gasteiger partial charge in [-0.05, 0) is 19.4 Å². The van der Waals surface area contributed by atoms with Crippen LogP contribution in [0.2, 0.25) is 0 Å². The first kappa shape index (κ1) is 13.4. The van der Waals surface area contributed by atoms with E-state index >= 15 is 0 Å². The normalized spacial score (nSPS) is 12.4. The Hall–Kier alpha value is -0.630. The highest BCUT2D eigenvalue weighted by atomic mass is 16.5. The van der Waals surface area contributed by atoms with E-state index in [-0.39, 0.29) is 6.04 Å². The van der Waals surface area contributed by atoms with E-state index in [1.165, 1.54) is 0 Å². The third-order valence-corrected chi connectivity index (χ3v) is 1.78. The first-order valence-electron chi connectivity index (χ1n) is 5.04. The summed E-state index contributed by atoms with van der Waals surface area (Å²) >= 11 is 0. The van der Waals surface area contributed by atoms with Crippen molar-refractivity contribution in [1.82, 2.24) is 5.32 Å². The van der Waals surface area contributed by atoms with Crippen molar-refractivity contribution in [3.05, 3.63) is 0 Å². The molecule has 0 aliphatic carbocycles. The minimum absolute atomic E-state index is 0.0857. The van der Waals surface area contributed by atoms with Crippen LogP contribution in [0.5, 0.6) is 0 Å². The Morgan fingerprint density at radius 3 is 2.71 bits per heavy atom. The van der Waals surface area contributed by atoms with Gasteiger partial charge in [-0.1, -0.05) is 6.92 Å². The molecule has 0 heterocycles. The van der Waals surface area contributed by atoms with E-state index in [1.807, 2.05) is 0 Å². The maximum Gasteiger partial charge on any atom is 0.0975 e. The molecule has 14 heavy (non-hydrogen) atoms. The Morgan fingerprint density at radius 1 is 1.36 bits per heavy atom. The fourth-order valence-corrected chi connectivity index (χ4v) is 0.976. The molecule has 0 radical (unpaired) electrons. The first-order chi connectivity index (χ1) is 6.85. The summed E-state index contributed by atoms with van der Waals surface area (Å²) in [5.74, 6) is 0. The van der Waals surface area contributed by atoms with Gasteiger partial charge in [-0.25, -0.2) is 0 Å². The van der Waals surface area contributed by atoms with Gasteiger partial charge < -0.3 is 14.8 Å². The largest absolute Gasteiger partial charge is 0.382 e. The van der Waals surface area contributed by atoms with Crippen molar-refractivity contribution in [2.45, 2.75) is 25.8 Å². The van der Waals surface area contributed by atoms with Crippen LogP contribution in [0.1, 0.15) is 19.8 Å². The van der Waals surface area contributed by atoms with Crippen molar-refractivity contribution >= 4 is 0 Å². The highest BCUT2D eigenvalue weighted by Gasteiger charge is 2.04. The van der Waals surface area contributed by atoms with Crippen molar-refractivity contribution in [2.24, 2.45) is 0 Å². The second-order valence-electron chi connectivity index (χ2n) is 3.03. The van der Waals surface area contributed by atoms with Gasteiger partial charge >= 0.3 is 0 Å². The molecule has 0 aromatic heterocycles. The molecular formula is C10H20N2O2. The topological polar surface area (TPSA) is 54.3 Å². The lowest BCUT2D eigenvalue weighted by Gasteiger charge is -2.10. The van der Waals surface area contributed by atoms with Crippen LogP contribution in [0.15, 0.2) is 0 Å². The molecule has 0 bridgehead atoms. The fourth-order valence-electron chi connectivity index (χ4n) is 0.976. The summed E-state index contributed by atoms with van der Waals surface area (Å²) in [5, 5.41) is 11.9. The molecule has 0 amide bonds. The summed E-state index contributed by atoms with van der Waals surface area (Å²) in [6, 6.07) is 2.12. The summed E-state index contributed by atoms with van der Waals surface area (Å²) < 4.78 is 10.1. The molecule has 0 saturated heterocycles. The lowest BCUT2D eigenvalue weighted by atomic mass is 10.2. The molecule has 0 aliphatic rings. The van der Waals surface area contributed by atoms with Gasteiger partial charge in [0.15, 0.2) is 0 Å². The zero-order valence-corrected chi connectivity index (χ0v) is 9.08. The second kappa shape index (κ2) is 10.5. The third kappa shape index (κ3) is 7.99. The third-order valence-electron chi connectivity index (χ3n) is 1.78. The van der Waals surface area contributed by atoms with E-state index in [0.717, 1.165) is 19.4 Å². The predicted octanol–water partition coefficient (Wildman–Crippen LogP) is 0.931. The zero-order valence-electron chi connectivity index (χ0n) is 9.08. The van der Waals surface area contributed by atoms with Gasteiger partial charge in [0.1, 0.15) is 0 Å². The Labute approximate surface area is 86.2 Å². The molecule has 0 fully saturated rings. The highest BCUT2D eigenvalue weighted by Crippen LogP contribution is 1.92. The summed E-state index contributed by atoms with van der Waals surface area (Å²) in [4.78, 5) is 0. The lowest BCUT2D eigenvalue weighted by molar-refractivity contribution is 0.0676. The number of rotatable bonds is 9. The van der Waals surface area contributed by atoms with E-state index in [1.54, 1.807) is 7.11 Å². The number of nitrogens with zero attached hydrogens (tertiary/aromatic N) is 1. The van der Waals surface area contributed by atoms with Gasteiger partial charge in [0, 0.05) is 13.7 Å². The molecule has 0 rings (SSSR count). The SMILES string of the molecule is CCCNC(C#N)CCOCCOC. The van der Waals surface area contributed by atoms with E-state index in [4.69, 9.17) is 14.7 Å². The molecule has 4 heteroatoms. The minimum atomic E-state index is -0.0857. The predicted molar refractivity (Wildman–Crippen MR) is 55.0 cm³/mol. The van der Waals surface area contributed by atoms with Crippen molar-refractivity contribution in [2.75, 3.05) is 33.5 Å². The van der Waals surface area contributed by atoms with Crippen molar-refractivity contribution in [1.29, 1.82) is 5.26 Å². The van der Waals surface area contributed by atoms with Gasteiger partial charge in [0.05, 0.1) is 25.3 Å². The molecule has 0 aliphatic heterocycles. The molecule has 82 valence electrons. The number of nitrogens with one attached hydrogen (secondary N) is 1. The zero-order chi connectivity index (χ0) is 10.6. The Morgan fingerprint density at radius 2 is 2.14 bits per heavy atom. The molecule has 1 unspecified atom stereocenters. The smallest absolute Gasteiger partial charge is 0.0975 e. The molecule has 1 N–H and O–H groups in total. The van der Waals surface area contributed by atoms with Crippen LogP contribution in [0.3, 0.4) is 0 Å². The average Bonchev–Trinajstić information content (AvgIpc) is 2.22. The van der Waals surface area contributed by atoms with E-state index in [9.17, 15) is 0 Å². The summed E-state index contributed by atoms with van der Waals surface area (Å²) in [7, 11) is 1.64. The van der Waals surface area contributed by atoms with Crippen molar-refractivity contribution in [3.63, 3.8) is 0 Å². The molecular weight excluding hydrogens is 180 g/mol. The summed E-state index contributed by atoms with van der Waals surface area (Å²) in [6.45, 7) is 4.78. The van der Waals surface area contributed by atoms with Crippen molar-refractivity contribution < 1.29 is 9.47 Å². The van der Waals surface area contributed by atoms with E-state index in [2.05, 4.69) is 18.3 Å². The maximum atomic E-state index is 8.76. The second-order valence-corrected chi connectivity index (χ2v) is 3.03. The standard InChI is InChI=1S/C10H20N2O2/c1-3-5-12-10(9-11)4-6-14-8-7-13-2/h10,12H,3-8H2,1-2H3. The average molecular weight is 200 g/mol. The highest BCUT2D eigenvalue weighted by molar-refractivity contribution is 4.89. The monoisotopic (exact) mass is 200 g/mol. The van der Waals surface area contributed by atoms with Crippen molar-refractivity contribution in [3.8, 4) is 6.07 Å². The minimum Gasteiger partial charge on any atom is -0.382 e. The van der Waals surface area contributed by atoms with Crippen LogP contribution in [-0.2, 0) is 9.47 Å². The molecule has 0 saturated carbocycles. The van der Waals surface area contributed by atoms with E-state index < -0.39 is 0 Å². The van der Waals surface area contributed by atoms with Crippen LogP contribution < -0.4 is 5.32 Å². The van der Waals surface area contributed by atoms with Gasteiger partial charge in [-0.2, -0.15) is 5.26 Å². The van der Waals surface area contributed by atoms with Gasteiger partial charge in [-0.15, -0.1) is 0 Å². The van der Waals surface area contributed by atoms with Gasteiger partial charge in [-0.3, -0.25) is 0 Å². The van der Waals surface area contributed by atoms with Crippen LogP contribution >= 0.6 is 0 Å². The van der Waals surface area contributed by atoms with Crippen LogP contribution in [0.4, 0.5) is 0 Å². The van der Waals surface area contributed by atoms with Crippen LogP contribution in [0, 0.1) is 11.3 Å². The molecule has 4 nitrogen and oxygen atoms in total. The van der Waals surface area contributed by atoms with Crippen LogP contribution in [0.25, 0.3) is 0 Å². The van der Waals surface area contributed by atoms with Gasteiger partial charge in [0.2, 0.25) is 0 Å². The Kier molecular flexibility index (Phi) is 9.98. The number of methoxy groups -OCH3 is 1.